The summed E-state index contributed by atoms with van der Waals surface area (Å²) in [5.74, 6) is 0.501. The highest BCUT2D eigenvalue weighted by molar-refractivity contribution is 7.60. The minimum Gasteiger partial charge on any atom is -0.111 e. The van der Waals surface area contributed by atoms with E-state index < -0.39 is 0 Å². The Morgan fingerprint density at radius 3 is 2.04 bits per heavy atom. The maximum Gasteiger partial charge on any atom is 0.0103 e. The van der Waals surface area contributed by atoms with E-state index in [2.05, 4.69) is 88.1 Å². The lowest BCUT2D eigenvalue weighted by molar-refractivity contribution is 0.886. The van der Waals surface area contributed by atoms with Gasteiger partial charge in [0, 0.05) is 10.2 Å². The van der Waals surface area contributed by atoms with E-state index in [1.54, 1.807) is 5.12 Å². The van der Waals surface area contributed by atoms with Crippen LogP contribution < -0.4 is 0 Å². The van der Waals surface area contributed by atoms with Crippen LogP contribution in [0.3, 0.4) is 0 Å². The van der Waals surface area contributed by atoms with Crippen molar-refractivity contribution in [3.8, 4) is 0 Å². The van der Waals surface area contributed by atoms with Crippen molar-refractivity contribution < 1.29 is 0 Å². The number of hydrogen-bond donors (Lipinski definition) is 0. The molecule has 0 aliphatic heterocycles. The van der Waals surface area contributed by atoms with Gasteiger partial charge in [-0.25, -0.2) is 0 Å². The van der Waals surface area contributed by atoms with E-state index in [1.165, 1.54) is 48.6 Å². The summed E-state index contributed by atoms with van der Waals surface area (Å²) in [5, 5.41) is 11.8. The highest BCUT2D eigenvalue weighted by Crippen LogP contribution is 2.52. The molecule has 0 bridgehead atoms. The van der Waals surface area contributed by atoms with E-state index >= 15 is 0 Å². The maximum atomic E-state index is 2.44. The van der Waals surface area contributed by atoms with Gasteiger partial charge in [0.15, 0.2) is 0 Å². The van der Waals surface area contributed by atoms with Crippen LogP contribution in [0.15, 0.2) is 60.7 Å². The lowest BCUT2D eigenvalue weighted by atomic mass is 9.87. The van der Waals surface area contributed by atoms with Crippen LogP contribution in [0, 0.1) is 6.92 Å². The summed E-state index contributed by atoms with van der Waals surface area (Å²) in [6.07, 6.45) is 0. The summed E-state index contributed by atoms with van der Waals surface area (Å²) < 4.78 is 0. The molecule has 1 atom stereocenters. The second-order valence-electron chi connectivity index (χ2n) is 7.70. The number of fused-ring (bicyclic) bond motifs is 6. The Bertz CT molecular complexity index is 1320. The minimum atomic E-state index is -0.305. The van der Waals surface area contributed by atoms with Crippen molar-refractivity contribution in [3.05, 3.63) is 71.8 Å². The van der Waals surface area contributed by atoms with Crippen LogP contribution in [0.25, 0.3) is 42.6 Å². The largest absolute Gasteiger partial charge is 0.111 e. The van der Waals surface area contributed by atoms with Crippen molar-refractivity contribution in [2.24, 2.45) is 6.66 Å². The van der Waals surface area contributed by atoms with Gasteiger partial charge >= 0.3 is 0 Å². The van der Waals surface area contributed by atoms with Gasteiger partial charge in [0.25, 0.3) is 0 Å². The molecule has 0 radical (unpaired) electrons. The molecule has 1 aromatic heterocycles. The van der Waals surface area contributed by atoms with Crippen molar-refractivity contribution >= 4 is 50.1 Å². The number of aryl methyl sites for hydroxylation is 2. The van der Waals surface area contributed by atoms with E-state index in [0.717, 1.165) is 0 Å². The van der Waals surface area contributed by atoms with Crippen LogP contribution in [0.1, 0.15) is 30.9 Å². The summed E-state index contributed by atoms with van der Waals surface area (Å²) in [5.41, 5.74) is 2.95. The number of benzene rings is 4. The normalized spacial score (nSPS) is 12.9. The van der Waals surface area contributed by atoms with Gasteiger partial charge in [-0.05, 0) is 63.0 Å². The molecule has 0 N–H and O–H groups in total. The molecule has 0 spiro atoms. The second kappa shape index (κ2) is 5.60. The molecular formula is C25H23P. The van der Waals surface area contributed by atoms with Gasteiger partial charge in [0.05, 0.1) is 0 Å². The van der Waals surface area contributed by atoms with Gasteiger partial charge in [-0.2, -0.15) is 0 Å². The molecule has 1 unspecified atom stereocenters. The summed E-state index contributed by atoms with van der Waals surface area (Å²) in [6, 6.07) is 22.7. The molecule has 1 heteroatoms. The van der Waals surface area contributed by atoms with Crippen molar-refractivity contribution in [3.63, 3.8) is 0 Å². The van der Waals surface area contributed by atoms with Gasteiger partial charge in [-0.15, -0.1) is 7.53 Å². The molecule has 5 rings (SSSR count). The topological polar surface area (TPSA) is 0 Å². The fraction of sp³-hybridized carbons (Fsp3) is 0.200. The lowest BCUT2D eigenvalue weighted by Gasteiger charge is -2.19. The van der Waals surface area contributed by atoms with Crippen LogP contribution >= 0.6 is 7.53 Å². The predicted molar refractivity (Wildman–Crippen MR) is 119 cm³/mol. The second-order valence-corrected chi connectivity index (χ2v) is 9.75. The molecule has 0 aliphatic carbocycles. The van der Waals surface area contributed by atoms with Crippen molar-refractivity contribution in [2.75, 3.05) is 0 Å². The summed E-state index contributed by atoms with van der Waals surface area (Å²) in [7, 11) is -0.305. The predicted octanol–water partition coefficient (Wildman–Crippen LogP) is 8.25. The SMILES string of the molecule is Cc1c2ccccc2c(C(C)C)c2c1ccc1c3ccccc3p(C)c12. The molecule has 4 aromatic carbocycles. The van der Waals surface area contributed by atoms with Gasteiger partial charge in [-0.3, -0.25) is 0 Å². The van der Waals surface area contributed by atoms with E-state index in [4.69, 9.17) is 0 Å². The zero-order valence-electron chi connectivity index (χ0n) is 15.8. The summed E-state index contributed by atoms with van der Waals surface area (Å²) >= 11 is 0. The van der Waals surface area contributed by atoms with Crippen LogP contribution in [0.2, 0.25) is 0 Å². The molecule has 0 fully saturated rings. The third-order valence-electron chi connectivity index (χ3n) is 5.94. The van der Waals surface area contributed by atoms with Crippen LogP contribution in [0.5, 0.6) is 0 Å². The fourth-order valence-electron chi connectivity index (χ4n) is 4.78. The molecule has 0 saturated carbocycles. The first-order valence-corrected chi connectivity index (χ1v) is 11.2. The van der Waals surface area contributed by atoms with Gasteiger partial charge in [0.1, 0.15) is 0 Å². The Morgan fingerprint density at radius 1 is 0.692 bits per heavy atom. The highest BCUT2D eigenvalue weighted by Gasteiger charge is 2.19. The van der Waals surface area contributed by atoms with Crippen molar-refractivity contribution in [2.45, 2.75) is 26.7 Å². The first-order valence-electron chi connectivity index (χ1n) is 9.40. The Kier molecular flexibility index (Phi) is 3.43. The monoisotopic (exact) mass is 354 g/mol. The Labute approximate surface area is 155 Å². The zero-order valence-corrected chi connectivity index (χ0v) is 16.7. The average Bonchev–Trinajstić information content (AvgIpc) is 2.95. The maximum absolute atomic E-state index is 2.44. The Balaban J connectivity index is 2.17. The van der Waals surface area contributed by atoms with Crippen molar-refractivity contribution in [1.82, 2.24) is 0 Å². The van der Waals surface area contributed by atoms with E-state index in [1.807, 2.05) is 0 Å². The number of rotatable bonds is 1. The molecule has 26 heavy (non-hydrogen) atoms. The Hall–Kier alpha value is -2.30. The smallest absolute Gasteiger partial charge is 0.0103 e. The van der Waals surface area contributed by atoms with Gasteiger partial charge in [0.2, 0.25) is 0 Å². The van der Waals surface area contributed by atoms with E-state index in [0.29, 0.717) is 5.92 Å². The van der Waals surface area contributed by atoms with Gasteiger partial charge in [-0.1, -0.05) is 74.5 Å². The third kappa shape index (κ3) is 1.97. The Morgan fingerprint density at radius 2 is 1.31 bits per heavy atom. The lowest BCUT2D eigenvalue weighted by Crippen LogP contribution is -1.95. The first-order chi connectivity index (χ1) is 12.6. The number of hydrogen-bond acceptors (Lipinski definition) is 0. The minimum absolute atomic E-state index is 0.305. The molecule has 5 aromatic rings. The van der Waals surface area contributed by atoms with E-state index in [9.17, 15) is 0 Å². The quantitative estimate of drug-likeness (QED) is 0.266. The van der Waals surface area contributed by atoms with E-state index in [-0.39, 0.29) is 7.53 Å². The van der Waals surface area contributed by atoms with Crippen LogP contribution in [-0.4, -0.2) is 0 Å². The van der Waals surface area contributed by atoms with Crippen LogP contribution in [-0.2, 0) is 6.66 Å². The van der Waals surface area contributed by atoms with Crippen LogP contribution in [0.4, 0.5) is 0 Å². The molecule has 1 heterocycles. The van der Waals surface area contributed by atoms with Gasteiger partial charge < -0.3 is 0 Å². The molecule has 0 nitrogen and oxygen atoms in total. The fourth-order valence-corrected chi connectivity index (χ4v) is 7.02. The molecule has 0 saturated heterocycles. The first kappa shape index (κ1) is 15.9. The molecule has 0 aliphatic rings. The highest BCUT2D eigenvalue weighted by atomic mass is 31.1. The standard InChI is InChI=1S/C25H23P/c1-15(2)23-20-11-6-5-9-17(20)16(3)18-13-14-21-19-10-7-8-12-22(19)26(4)25(21)24(18)23/h5-15H,1-4H3. The average molecular weight is 354 g/mol. The molecular weight excluding hydrogens is 331 g/mol. The molecule has 128 valence electrons. The van der Waals surface area contributed by atoms with Crippen molar-refractivity contribution in [1.29, 1.82) is 0 Å². The third-order valence-corrected chi connectivity index (χ3v) is 8.19. The summed E-state index contributed by atoms with van der Waals surface area (Å²) in [6.45, 7) is 9.42. The summed E-state index contributed by atoms with van der Waals surface area (Å²) in [4.78, 5) is 0. The molecule has 0 amide bonds. The zero-order chi connectivity index (χ0) is 18.0.